The largest absolute Gasteiger partial charge is 0.393 e. The van der Waals surface area contributed by atoms with Crippen molar-refractivity contribution in [3.8, 4) is 6.07 Å². The van der Waals surface area contributed by atoms with Crippen LogP contribution in [0.25, 0.3) is 0 Å². The number of halogens is 1. The Labute approximate surface area is 118 Å². The molecule has 0 amide bonds. The summed E-state index contributed by atoms with van der Waals surface area (Å²) in [5, 5.41) is 19.4. The molecule has 3 nitrogen and oxygen atoms in total. The van der Waals surface area contributed by atoms with Crippen LogP contribution in [0.15, 0.2) is 18.2 Å². The Kier molecular flexibility index (Phi) is 3.49. The number of nitrogens with zero attached hydrogens (tertiary/aromatic N) is 2. The van der Waals surface area contributed by atoms with Crippen molar-refractivity contribution in [1.29, 1.82) is 5.26 Å². The molecule has 1 N–H and O–H groups in total. The minimum Gasteiger partial charge on any atom is -0.393 e. The van der Waals surface area contributed by atoms with Crippen LogP contribution in [0.4, 0.5) is 0 Å². The zero-order valence-corrected chi connectivity index (χ0v) is 11.5. The van der Waals surface area contributed by atoms with E-state index in [1.54, 1.807) is 6.07 Å². The van der Waals surface area contributed by atoms with Crippen molar-refractivity contribution in [3.63, 3.8) is 0 Å². The number of rotatable bonds is 2. The minimum absolute atomic E-state index is 0.119. The summed E-state index contributed by atoms with van der Waals surface area (Å²) in [4.78, 5) is 2.37. The van der Waals surface area contributed by atoms with Gasteiger partial charge in [-0.15, -0.1) is 0 Å². The molecule has 3 unspecified atom stereocenters. The number of nitriles is 1. The number of hydrogen-bond donors (Lipinski definition) is 1. The Morgan fingerprint density at radius 2 is 2.21 bits per heavy atom. The number of aliphatic hydroxyl groups is 1. The molecule has 3 rings (SSSR count). The Morgan fingerprint density at radius 3 is 2.89 bits per heavy atom. The number of hydrogen-bond acceptors (Lipinski definition) is 3. The van der Waals surface area contributed by atoms with E-state index in [0.717, 1.165) is 38.0 Å². The van der Waals surface area contributed by atoms with Crippen LogP contribution in [0.2, 0.25) is 5.02 Å². The molecule has 0 aromatic heterocycles. The molecule has 1 aliphatic carbocycles. The van der Waals surface area contributed by atoms with E-state index in [0.29, 0.717) is 22.4 Å². The van der Waals surface area contributed by atoms with Gasteiger partial charge < -0.3 is 5.11 Å². The normalized spacial score (nSPS) is 30.3. The molecule has 1 aromatic carbocycles. The second-order valence-electron chi connectivity index (χ2n) is 5.68. The fourth-order valence-corrected chi connectivity index (χ4v) is 3.68. The lowest BCUT2D eigenvalue weighted by atomic mass is 10.00. The Hall–Kier alpha value is -1.08. The van der Waals surface area contributed by atoms with Gasteiger partial charge in [0.15, 0.2) is 0 Å². The lowest BCUT2D eigenvalue weighted by molar-refractivity contribution is 0.123. The zero-order valence-electron chi connectivity index (χ0n) is 10.7. The molecule has 3 atom stereocenters. The first-order valence-electron chi connectivity index (χ1n) is 6.76. The van der Waals surface area contributed by atoms with Gasteiger partial charge in [0.25, 0.3) is 0 Å². The molecule has 0 radical (unpaired) electrons. The summed E-state index contributed by atoms with van der Waals surface area (Å²) in [5.74, 6) is 1.09. The number of likely N-dealkylation sites (tertiary alicyclic amines) is 1. The van der Waals surface area contributed by atoms with Crippen molar-refractivity contribution < 1.29 is 5.11 Å². The van der Waals surface area contributed by atoms with E-state index in [9.17, 15) is 5.11 Å². The van der Waals surface area contributed by atoms with E-state index < -0.39 is 0 Å². The molecular weight excluding hydrogens is 260 g/mol. The van der Waals surface area contributed by atoms with Crippen LogP contribution in [0.3, 0.4) is 0 Å². The van der Waals surface area contributed by atoms with Gasteiger partial charge in [-0.25, -0.2) is 0 Å². The van der Waals surface area contributed by atoms with Crippen LogP contribution in [-0.4, -0.2) is 29.2 Å². The van der Waals surface area contributed by atoms with Gasteiger partial charge in [0, 0.05) is 30.6 Å². The highest BCUT2D eigenvalue weighted by molar-refractivity contribution is 6.31. The van der Waals surface area contributed by atoms with Crippen LogP contribution in [0, 0.1) is 23.2 Å². The Bertz CT molecular complexity index is 525. The highest BCUT2D eigenvalue weighted by Gasteiger charge is 2.41. The van der Waals surface area contributed by atoms with Gasteiger partial charge in [0.1, 0.15) is 0 Å². The summed E-state index contributed by atoms with van der Waals surface area (Å²) in [5.41, 5.74) is 1.66. The third-order valence-electron chi connectivity index (χ3n) is 4.47. The van der Waals surface area contributed by atoms with E-state index in [1.165, 1.54) is 0 Å². The smallest absolute Gasteiger partial charge is 0.0992 e. The summed E-state index contributed by atoms with van der Waals surface area (Å²) in [6.07, 6.45) is 1.98. The Morgan fingerprint density at radius 1 is 1.37 bits per heavy atom. The Balaban J connectivity index is 1.69. The van der Waals surface area contributed by atoms with Gasteiger partial charge in [-0.2, -0.15) is 5.26 Å². The quantitative estimate of drug-likeness (QED) is 0.902. The third-order valence-corrected chi connectivity index (χ3v) is 4.82. The van der Waals surface area contributed by atoms with Crippen molar-refractivity contribution in [1.82, 2.24) is 4.90 Å². The molecule has 0 bridgehead atoms. The van der Waals surface area contributed by atoms with Gasteiger partial charge >= 0.3 is 0 Å². The summed E-state index contributed by atoms with van der Waals surface area (Å²) < 4.78 is 0. The predicted octanol–water partition coefficient (Wildman–Crippen LogP) is 2.41. The second-order valence-corrected chi connectivity index (χ2v) is 6.09. The van der Waals surface area contributed by atoms with Crippen molar-refractivity contribution in [3.05, 3.63) is 34.3 Å². The van der Waals surface area contributed by atoms with Gasteiger partial charge in [0.2, 0.25) is 0 Å². The number of fused-ring (bicyclic) bond motifs is 1. The fraction of sp³-hybridized carbons (Fsp3) is 0.533. The first-order chi connectivity index (χ1) is 9.17. The summed E-state index contributed by atoms with van der Waals surface area (Å²) in [6, 6.07) is 7.57. The molecule has 1 heterocycles. The number of benzene rings is 1. The van der Waals surface area contributed by atoms with E-state index >= 15 is 0 Å². The molecule has 1 saturated heterocycles. The lowest BCUT2D eigenvalue weighted by Crippen LogP contribution is -2.24. The van der Waals surface area contributed by atoms with E-state index in [4.69, 9.17) is 16.9 Å². The maximum absolute atomic E-state index is 9.92. The van der Waals surface area contributed by atoms with Gasteiger partial charge in [-0.3, -0.25) is 4.90 Å². The number of aliphatic hydroxyl groups excluding tert-OH is 1. The third kappa shape index (κ3) is 2.49. The van der Waals surface area contributed by atoms with E-state index in [-0.39, 0.29) is 6.10 Å². The molecule has 4 heteroatoms. The first kappa shape index (κ1) is 12.9. The highest BCUT2D eigenvalue weighted by atomic mass is 35.5. The summed E-state index contributed by atoms with van der Waals surface area (Å²) in [7, 11) is 0. The van der Waals surface area contributed by atoms with Crippen LogP contribution in [-0.2, 0) is 6.54 Å². The maximum atomic E-state index is 9.92. The molecule has 19 heavy (non-hydrogen) atoms. The van der Waals surface area contributed by atoms with Crippen molar-refractivity contribution >= 4 is 11.6 Å². The average molecular weight is 277 g/mol. The minimum atomic E-state index is -0.119. The topological polar surface area (TPSA) is 47.3 Å². The molecule has 100 valence electrons. The standard InChI is InChI=1S/C15H17ClN2O/c16-14-5-10(6-17)1-2-12(14)8-18-7-11-3-4-15(19)13(11)9-18/h1-2,5,11,13,15,19H,3-4,7-9H2. The van der Waals surface area contributed by atoms with Crippen LogP contribution in [0.1, 0.15) is 24.0 Å². The van der Waals surface area contributed by atoms with E-state index in [2.05, 4.69) is 11.0 Å². The van der Waals surface area contributed by atoms with Gasteiger partial charge in [0.05, 0.1) is 17.7 Å². The molecule has 1 aliphatic heterocycles. The van der Waals surface area contributed by atoms with Gasteiger partial charge in [-0.05, 0) is 36.5 Å². The van der Waals surface area contributed by atoms with Gasteiger partial charge in [-0.1, -0.05) is 17.7 Å². The first-order valence-corrected chi connectivity index (χ1v) is 7.14. The predicted molar refractivity (Wildman–Crippen MR) is 73.7 cm³/mol. The van der Waals surface area contributed by atoms with Crippen molar-refractivity contribution in [2.24, 2.45) is 11.8 Å². The van der Waals surface area contributed by atoms with Crippen LogP contribution in [0.5, 0.6) is 0 Å². The molecule has 1 saturated carbocycles. The molecule has 1 aromatic rings. The molecule has 2 fully saturated rings. The highest BCUT2D eigenvalue weighted by Crippen LogP contribution is 2.38. The fourth-order valence-electron chi connectivity index (χ4n) is 3.44. The summed E-state index contributed by atoms with van der Waals surface area (Å²) in [6.45, 7) is 2.82. The zero-order chi connectivity index (χ0) is 13.4. The van der Waals surface area contributed by atoms with E-state index in [1.807, 2.05) is 12.1 Å². The molecule has 2 aliphatic rings. The monoisotopic (exact) mass is 276 g/mol. The van der Waals surface area contributed by atoms with Crippen molar-refractivity contribution in [2.75, 3.05) is 13.1 Å². The SMILES string of the molecule is N#Cc1ccc(CN2CC3CCC(O)C3C2)c(Cl)c1. The molecule has 0 spiro atoms. The lowest BCUT2D eigenvalue weighted by Gasteiger charge is -2.18. The second kappa shape index (κ2) is 5.13. The van der Waals surface area contributed by atoms with Crippen LogP contribution < -0.4 is 0 Å². The van der Waals surface area contributed by atoms with Crippen molar-refractivity contribution in [2.45, 2.75) is 25.5 Å². The maximum Gasteiger partial charge on any atom is 0.0992 e. The summed E-state index contributed by atoms with van der Waals surface area (Å²) >= 11 is 6.21. The average Bonchev–Trinajstić information content (AvgIpc) is 2.94. The van der Waals surface area contributed by atoms with Crippen LogP contribution >= 0.6 is 11.6 Å². The molecular formula is C15H17ClN2O.